The number of aromatic nitrogens is 1. The van der Waals surface area contributed by atoms with Gasteiger partial charge in [0.1, 0.15) is 28.3 Å². The van der Waals surface area contributed by atoms with E-state index in [0.717, 1.165) is 29.2 Å². The molecule has 0 unspecified atom stereocenters. The van der Waals surface area contributed by atoms with Crippen LogP contribution in [0.15, 0.2) is 64.2 Å². The highest BCUT2D eigenvalue weighted by atomic mass is 35.5. The van der Waals surface area contributed by atoms with E-state index in [1.807, 2.05) is 43.0 Å². The van der Waals surface area contributed by atoms with Crippen molar-refractivity contribution >= 4 is 39.7 Å². The molecule has 3 aromatic carbocycles. The van der Waals surface area contributed by atoms with Gasteiger partial charge in [0.05, 0.1) is 0 Å². The number of hydrogen-bond donors (Lipinski definition) is 2. The quantitative estimate of drug-likeness (QED) is 0.253. The number of carbonyl (C=O) groups is 1. The number of pyridine rings is 1. The summed E-state index contributed by atoms with van der Waals surface area (Å²) >= 11 is 6.14. The third-order valence-corrected chi connectivity index (χ3v) is 7.16. The molecule has 8 nitrogen and oxygen atoms in total. The molecule has 190 valence electrons. The van der Waals surface area contributed by atoms with Gasteiger partial charge in [-0.1, -0.05) is 41.9 Å². The predicted molar refractivity (Wildman–Crippen MR) is 144 cm³/mol. The van der Waals surface area contributed by atoms with E-state index in [4.69, 9.17) is 16.3 Å². The van der Waals surface area contributed by atoms with Crippen LogP contribution in [0.5, 0.6) is 11.6 Å². The van der Waals surface area contributed by atoms with Gasteiger partial charge in [-0.3, -0.25) is 9.59 Å². The zero-order valence-electron chi connectivity index (χ0n) is 20.4. The fourth-order valence-electron chi connectivity index (χ4n) is 5.02. The van der Waals surface area contributed by atoms with Crippen LogP contribution in [0, 0.1) is 0 Å². The Labute approximate surface area is 218 Å². The maximum atomic E-state index is 12.4. The Morgan fingerprint density at radius 1 is 1.11 bits per heavy atom. The lowest BCUT2D eigenvalue weighted by Crippen LogP contribution is -2.48. The van der Waals surface area contributed by atoms with Gasteiger partial charge in [0.2, 0.25) is 5.88 Å². The fourth-order valence-corrected chi connectivity index (χ4v) is 5.22. The van der Waals surface area contributed by atoms with Crippen LogP contribution in [0.3, 0.4) is 0 Å². The molecule has 0 radical (unpaired) electrons. The second-order valence-electron chi connectivity index (χ2n) is 9.52. The van der Waals surface area contributed by atoms with Crippen molar-refractivity contribution in [3.8, 4) is 11.6 Å². The van der Waals surface area contributed by atoms with E-state index in [9.17, 15) is 19.5 Å². The molecule has 1 aromatic heterocycles. The van der Waals surface area contributed by atoms with Crippen molar-refractivity contribution < 1.29 is 14.6 Å². The van der Waals surface area contributed by atoms with Gasteiger partial charge in [-0.2, -0.15) is 0 Å². The predicted octanol–water partition coefficient (Wildman–Crippen LogP) is 4.76. The summed E-state index contributed by atoms with van der Waals surface area (Å²) in [6, 6.07) is 15.5. The van der Waals surface area contributed by atoms with Crippen LogP contribution in [0.25, 0.3) is 10.8 Å². The van der Waals surface area contributed by atoms with Crippen molar-refractivity contribution in [2.24, 2.45) is 0 Å². The summed E-state index contributed by atoms with van der Waals surface area (Å²) in [5, 5.41) is 14.7. The molecule has 1 saturated heterocycles. The molecule has 2 heterocycles. The van der Waals surface area contributed by atoms with Crippen LogP contribution in [0.2, 0.25) is 5.15 Å². The molecule has 0 bridgehead atoms. The van der Waals surface area contributed by atoms with Crippen LogP contribution in [-0.2, 0) is 11.2 Å². The summed E-state index contributed by atoms with van der Waals surface area (Å²) < 4.78 is 5.97. The number of nitrogens with zero attached hydrogens (tertiary/aromatic N) is 2. The molecular formula is C28H26ClN3O5. The summed E-state index contributed by atoms with van der Waals surface area (Å²) in [6.45, 7) is 4.01. The van der Waals surface area contributed by atoms with Crippen LogP contribution >= 0.6 is 11.6 Å². The van der Waals surface area contributed by atoms with E-state index in [1.54, 1.807) is 30.3 Å². The van der Waals surface area contributed by atoms with Crippen LogP contribution in [-0.4, -0.2) is 34.2 Å². The zero-order chi connectivity index (χ0) is 26.3. The number of rotatable bonds is 8. The second kappa shape index (κ2) is 9.86. The minimum absolute atomic E-state index is 0.0943. The average Bonchev–Trinajstić information content (AvgIpc) is 3.20. The molecule has 0 amide bonds. The first kappa shape index (κ1) is 24.8. The molecule has 9 heteroatoms. The number of nitrogens with one attached hydrogen (secondary N) is 1. The first-order valence-electron chi connectivity index (χ1n) is 12.2. The third kappa shape index (κ3) is 4.76. The second-order valence-corrected chi connectivity index (χ2v) is 9.91. The van der Waals surface area contributed by atoms with Gasteiger partial charge in [-0.05, 0) is 61.9 Å². The Morgan fingerprint density at radius 3 is 2.46 bits per heavy atom. The Morgan fingerprint density at radius 2 is 1.78 bits per heavy atom. The third-order valence-electron chi connectivity index (χ3n) is 6.96. The lowest BCUT2D eigenvalue weighted by Gasteiger charge is -2.32. The maximum absolute atomic E-state index is 12.4. The van der Waals surface area contributed by atoms with Gasteiger partial charge >= 0.3 is 5.97 Å². The van der Waals surface area contributed by atoms with Gasteiger partial charge in [-0.25, -0.2) is 9.78 Å². The SMILES string of the molecule is C[C@@H]1CC[C@@H](C)N1c1c(N[C@@H](Cc2ccc(Oc3nc(Cl)cc4ccccc34)cc2)C(=O)O)c(=O)c1=O. The van der Waals surface area contributed by atoms with E-state index in [0.29, 0.717) is 22.5 Å². The van der Waals surface area contributed by atoms with E-state index in [-0.39, 0.29) is 24.2 Å². The van der Waals surface area contributed by atoms with E-state index in [1.165, 1.54) is 0 Å². The lowest BCUT2D eigenvalue weighted by molar-refractivity contribution is -0.137. The molecule has 4 aromatic rings. The summed E-state index contributed by atoms with van der Waals surface area (Å²) in [5.41, 5.74) is -0.108. The van der Waals surface area contributed by atoms with Crippen molar-refractivity contribution in [1.29, 1.82) is 0 Å². The van der Waals surface area contributed by atoms with Crippen LogP contribution < -0.4 is 25.8 Å². The molecule has 2 N–H and O–H groups in total. The van der Waals surface area contributed by atoms with E-state index >= 15 is 0 Å². The molecule has 1 aliphatic heterocycles. The summed E-state index contributed by atoms with van der Waals surface area (Å²) in [5.74, 6) is -0.222. The number of ether oxygens (including phenoxy) is 1. The topological polar surface area (TPSA) is 109 Å². The molecule has 3 atom stereocenters. The summed E-state index contributed by atoms with van der Waals surface area (Å²) in [4.78, 5) is 43.0. The molecule has 1 aliphatic rings. The number of fused-ring (bicyclic) bond motifs is 1. The number of hydrogen-bond acceptors (Lipinski definition) is 7. The molecular weight excluding hydrogens is 494 g/mol. The smallest absolute Gasteiger partial charge is 0.326 e. The number of carboxylic acid groups (broad SMARTS) is 1. The Bertz CT molecular complexity index is 1530. The highest BCUT2D eigenvalue weighted by molar-refractivity contribution is 6.30. The average molecular weight is 520 g/mol. The fraction of sp³-hybridized carbons (Fsp3) is 0.286. The van der Waals surface area contributed by atoms with Gasteiger partial charge in [0.15, 0.2) is 0 Å². The van der Waals surface area contributed by atoms with Gasteiger partial charge < -0.3 is 20.1 Å². The number of aliphatic carboxylic acids is 1. The molecule has 0 aliphatic carbocycles. The van der Waals surface area contributed by atoms with Gasteiger partial charge in [0.25, 0.3) is 10.9 Å². The monoisotopic (exact) mass is 519 g/mol. The Balaban J connectivity index is 1.33. The normalized spacial score (nSPS) is 18.3. The summed E-state index contributed by atoms with van der Waals surface area (Å²) in [6.07, 6.45) is 1.94. The minimum Gasteiger partial charge on any atom is -0.480 e. The largest absolute Gasteiger partial charge is 0.480 e. The van der Waals surface area contributed by atoms with E-state index < -0.39 is 22.9 Å². The highest BCUT2D eigenvalue weighted by Crippen LogP contribution is 2.33. The number of halogens is 1. The van der Waals surface area contributed by atoms with Crippen molar-refractivity contribution in [1.82, 2.24) is 4.98 Å². The maximum Gasteiger partial charge on any atom is 0.326 e. The Kier molecular flexibility index (Phi) is 6.60. The molecule has 37 heavy (non-hydrogen) atoms. The van der Waals surface area contributed by atoms with Gasteiger partial charge in [0, 0.05) is 23.9 Å². The number of carboxylic acids is 1. The Hall–Kier alpha value is -3.91. The van der Waals surface area contributed by atoms with Crippen molar-refractivity contribution in [3.63, 3.8) is 0 Å². The number of anilines is 2. The standard InChI is InChI=1S/C28H26ClN3O5/c1-15-7-8-16(2)32(15)24-23(25(33)26(24)34)30-21(28(35)36)13-17-9-11-19(12-10-17)37-27-20-6-4-3-5-18(20)14-22(29)31-27/h3-6,9-12,14-16,21,30H,7-8,13H2,1-2H3,(H,35,36)/t15-,16-,21+/m1/s1. The van der Waals surface area contributed by atoms with Crippen LogP contribution in [0.4, 0.5) is 11.4 Å². The molecule has 0 spiro atoms. The first-order chi connectivity index (χ1) is 17.7. The van der Waals surface area contributed by atoms with Gasteiger partial charge in [-0.15, -0.1) is 0 Å². The van der Waals surface area contributed by atoms with Crippen molar-refractivity contribution in [2.75, 3.05) is 10.2 Å². The molecule has 0 saturated carbocycles. The van der Waals surface area contributed by atoms with Crippen molar-refractivity contribution in [2.45, 2.75) is 51.2 Å². The number of benzene rings is 2. The van der Waals surface area contributed by atoms with Crippen LogP contribution in [0.1, 0.15) is 32.3 Å². The van der Waals surface area contributed by atoms with E-state index in [2.05, 4.69) is 10.3 Å². The zero-order valence-corrected chi connectivity index (χ0v) is 21.2. The summed E-state index contributed by atoms with van der Waals surface area (Å²) in [7, 11) is 0. The lowest BCUT2D eigenvalue weighted by atomic mass is 10.0. The minimum atomic E-state index is -1.11. The first-order valence-corrected chi connectivity index (χ1v) is 12.5. The molecule has 5 rings (SSSR count). The highest BCUT2D eigenvalue weighted by Gasteiger charge is 2.36. The molecule has 1 fully saturated rings. The van der Waals surface area contributed by atoms with Crippen molar-refractivity contribution in [3.05, 3.63) is 85.8 Å².